The van der Waals surface area contributed by atoms with E-state index in [-0.39, 0.29) is 30.7 Å². The standard InChI is InChI=1S/C15H18N4O.2ClH/c16-13-3-1-2-12(10-13)15(20)19-8-5-11(6-9-19)14-4-7-17-18-14;;/h1-4,7,10-11H,5-6,8-9,16H2,(H,17,18);2*1H. The molecule has 1 aliphatic rings. The number of aromatic amines is 1. The molecule has 0 spiro atoms. The zero-order valence-electron chi connectivity index (χ0n) is 12.1. The molecule has 0 bridgehead atoms. The van der Waals surface area contributed by atoms with Gasteiger partial charge in [-0.3, -0.25) is 9.89 Å². The fourth-order valence-corrected chi connectivity index (χ4v) is 2.74. The zero-order chi connectivity index (χ0) is 13.9. The number of rotatable bonds is 2. The molecule has 22 heavy (non-hydrogen) atoms. The van der Waals surface area contributed by atoms with E-state index in [1.54, 1.807) is 18.3 Å². The summed E-state index contributed by atoms with van der Waals surface area (Å²) in [5.74, 6) is 0.544. The van der Waals surface area contributed by atoms with Gasteiger partial charge in [0, 0.05) is 42.1 Å². The Morgan fingerprint density at radius 1 is 1.23 bits per heavy atom. The van der Waals surface area contributed by atoms with E-state index in [2.05, 4.69) is 10.2 Å². The number of halogens is 2. The van der Waals surface area contributed by atoms with Crippen LogP contribution in [-0.2, 0) is 0 Å². The monoisotopic (exact) mass is 342 g/mol. The lowest BCUT2D eigenvalue weighted by Crippen LogP contribution is -2.38. The third kappa shape index (κ3) is 3.93. The molecule has 0 saturated carbocycles. The van der Waals surface area contributed by atoms with Gasteiger partial charge in [0.1, 0.15) is 0 Å². The van der Waals surface area contributed by atoms with Gasteiger partial charge in [-0.2, -0.15) is 5.10 Å². The average Bonchev–Trinajstić information content (AvgIpc) is 3.01. The molecule has 1 aromatic heterocycles. The highest BCUT2D eigenvalue weighted by atomic mass is 35.5. The number of carbonyl (C=O) groups excluding carboxylic acids is 1. The third-order valence-corrected chi connectivity index (χ3v) is 3.88. The largest absolute Gasteiger partial charge is 0.399 e. The molecule has 0 unspecified atom stereocenters. The van der Waals surface area contributed by atoms with E-state index in [4.69, 9.17) is 5.73 Å². The number of nitrogen functional groups attached to an aromatic ring is 1. The van der Waals surface area contributed by atoms with Gasteiger partial charge in [0.15, 0.2) is 0 Å². The third-order valence-electron chi connectivity index (χ3n) is 3.88. The number of likely N-dealkylation sites (tertiary alicyclic amines) is 1. The van der Waals surface area contributed by atoms with E-state index in [1.807, 2.05) is 23.1 Å². The maximum absolute atomic E-state index is 12.4. The van der Waals surface area contributed by atoms with E-state index < -0.39 is 0 Å². The molecular weight excluding hydrogens is 323 g/mol. The summed E-state index contributed by atoms with van der Waals surface area (Å²) >= 11 is 0. The summed E-state index contributed by atoms with van der Waals surface area (Å²) in [6, 6.07) is 9.18. The van der Waals surface area contributed by atoms with Crippen LogP contribution in [-0.4, -0.2) is 34.1 Å². The number of nitrogens with zero attached hydrogens (tertiary/aromatic N) is 2. The SMILES string of the molecule is Cl.Cl.Nc1cccc(C(=O)N2CCC(c3ccn[nH]3)CC2)c1. The van der Waals surface area contributed by atoms with Crippen molar-refractivity contribution in [1.82, 2.24) is 15.1 Å². The number of carbonyl (C=O) groups is 1. The molecule has 1 aliphatic heterocycles. The Kier molecular flexibility index (Phi) is 6.71. The minimum Gasteiger partial charge on any atom is -0.399 e. The van der Waals surface area contributed by atoms with Crippen molar-refractivity contribution in [3.63, 3.8) is 0 Å². The summed E-state index contributed by atoms with van der Waals surface area (Å²) in [7, 11) is 0. The Hall–Kier alpha value is -1.72. The van der Waals surface area contributed by atoms with Gasteiger partial charge in [0.05, 0.1) is 0 Å². The van der Waals surface area contributed by atoms with Crippen molar-refractivity contribution in [1.29, 1.82) is 0 Å². The summed E-state index contributed by atoms with van der Waals surface area (Å²) in [5.41, 5.74) is 8.20. The van der Waals surface area contributed by atoms with E-state index >= 15 is 0 Å². The van der Waals surface area contributed by atoms with E-state index in [0.29, 0.717) is 17.2 Å². The Balaban J connectivity index is 0.00000121. The van der Waals surface area contributed by atoms with Gasteiger partial charge in [0.25, 0.3) is 5.91 Å². The lowest BCUT2D eigenvalue weighted by Gasteiger charge is -2.31. The zero-order valence-corrected chi connectivity index (χ0v) is 13.7. The van der Waals surface area contributed by atoms with Crippen molar-refractivity contribution in [2.24, 2.45) is 0 Å². The maximum atomic E-state index is 12.4. The van der Waals surface area contributed by atoms with Crippen molar-refractivity contribution >= 4 is 36.4 Å². The van der Waals surface area contributed by atoms with Crippen LogP contribution in [0.5, 0.6) is 0 Å². The summed E-state index contributed by atoms with van der Waals surface area (Å²) in [6.07, 6.45) is 3.71. The number of piperidine rings is 1. The molecule has 120 valence electrons. The van der Waals surface area contributed by atoms with Gasteiger partial charge >= 0.3 is 0 Å². The number of nitrogens with two attached hydrogens (primary N) is 1. The van der Waals surface area contributed by atoms with Crippen molar-refractivity contribution in [3.05, 3.63) is 47.8 Å². The van der Waals surface area contributed by atoms with Crippen LogP contribution in [0.3, 0.4) is 0 Å². The molecule has 1 aromatic carbocycles. The van der Waals surface area contributed by atoms with Crippen molar-refractivity contribution in [2.45, 2.75) is 18.8 Å². The van der Waals surface area contributed by atoms with Crippen LogP contribution in [0, 0.1) is 0 Å². The van der Waals surface area contributed by atoms with Crippen LogP contribution in [0.2, 0.25) is 0 Å². The van der Waals surface area contributed by atoms with Crippen LogP contribution in [0.1, 0.15) is 34.8 Å². The van der Waals surface area contributed by atoms with Crippen LogP contribution >= 0.6 is 24.8 Å². The number of H-pyrrole nitrogens is 1. The number of amides is 1. The van der Waals surface area contributed by atoms with Gasteiger partial charge in [0.2, 0.25) is 0 Å². The van der Waals surface area contributed by atoms with Gasteiger partial charge in [-0.1, -0.05) is 6.07 Å². The van der Waals surface area contributed by atoms with Crippen molar-refractivity contribution in [3.8, 4) is 0 Å². The predicted molar refractivity (Wildman–Crippen MR) is 91.8 cm³/mol. The topological polar surface area (TPSA) is 75.0 Å². The molecular formula is C15H20Cl2N4O. The van der Waals surface area contributed by atoms with E-state index in [0.717, 1.165) is 25.9 Å². The number of hydrogen-bond acceptors (Lipinski definition) is 3. The minimum atomic E-state index is 0. The molecule has 0 aliphatic carbocycles. The number of aromatic nitrogens is 2. The van der Waals surface area contributed by atoms with E-state index in [9.17, 15) is 4.79 Å². The van der Waals surface area contributed by atoms with Gasteiger partial charge in [-0.05, 0) is 37.1 Å². The van der Waals surface area contributed by atoms with Crippen molar-refractivity contribution < 1.29 is 4.79 Å². The lowest BCUT2D eigenvalue weighted by molar-refractivity contribution is 0.0712. The highest BCUT2D eigenvalue weighted by molar-refractivity contribution is 5.95. The maximum Gasteiger partial charge on any atom is 0.253 e. The van der Waals surface area contributed by atoms with Crippen LogP contribution in [0.25, 0.3) is 0 Å². The number of benzene rings is 1. The molecule has 1 amide bonds. The molecule has 3 N–H and O–H groups in total. The predicted octanol–water partition coefficient (Wildman–Crippen LogP) is 2.86. The summed E-state index contributed by atoms with van der Waals surface area (Å²) in [5, 5.41) is 7.01. The second-order valence-electron chi connectivity index (χ2n) is 5.20. The molecule has 0 radical (unpaired) electrons. The Labute approximate surface area is 142 Å². The Bertz CT molecular complexity index is 595. The molecule has 5 nitrogen and oxygen atoms in total. The average molecular weight is 343 g/mol. The minimum absolute atomic E-state index is 0. The fraction of sp³-hybridized carbons (Fsp3) is 0.333. The number of anilines is 1. The lowest BCUT2D eigenvalue weighted by atomic mass is 9.93. The van der Waals surface area contributed by atoms with Crippen LogP contribution < -0.4 is 5.73 Å². The number of hydrogen-bond donors (Lipinski definition) is 2. The first-order chi connectivity index (χ1) is 9.74. The smallest absolute Gasteiger partial charge is 0.253 e. The van der Waals surface area contributed by atoms with Crippen LogP contribution in [0.4, 0.5) is 5.69 Å². The second-order valence-corrected chi connectivity index (χ2v) is 5.20. The molecule has 3 rings (SSSR count). The highest BCUT2D eigenvalue weighted by Gasteiger charge is 2.25. The Morgan fingerprint density at radius 2 is 1.95 bits per heavy atom. The van der Waals surface area contributed by atoms with Crippen LogP contribution in [0.15, 0.2) is 36.5 Å². The first kappa shape index (κ1) is 18.3. The normalized spacial score (nSPS) is 14.8. The Morgan fingerprint density at radius 3 is 2.55 bits per heavy atom. The second kappa shape index (κ2) is 8.06. The number of nitrogens with one attached hydrogen (secondary N) is 1. The van der Waals surface area contributed by atoms with Gasteiger partial charge < -0.3 is 10.6 Å². The highest BCUT2D eigenvalue weighted by Crippen LogP contribution is 2.27. The van der Waals surface area contributed by atoms with Gasteiger partial charge in [-0.15, -0.1) is 24.8 Å². The van der Waals surface area contributed by atoms with Gasteiger partial charge in [-0.25, -0.2) is 0 Å². The fourth-order valence-electron chi connectivity index (χ4n) is 2.74. The molecule has 0 atom stereocenters. The summed E-state index contributed by atoms with van der Waals surface area (Å²) < 4.78 is 0. The van der Waals surface area contributed by atoms with E-state index in [1.165, 1.54) is 5.69 Å². The molecule has 1 fully saturated rings. The first-order valence-corrected chi connectivity index (χ1v) is 6.88. The molecule has 2 heterocycles. The summed E-state index contributed by atoms with van der Waals surface area (Å²) in [6.45, 7) is 1.55. The molecule has 1 saturated heterocycles. The molecule has 2 aromatic rings. The molecule has 7 heteroatoms. The van der Waals surface area contributed by atoms with Crippen molar-refractivity contribution in [2.75, 3.05) is 18.8 Å². The quantitative estimate of drug-likeness (QED) is 0.824. The summed E-state index contributed by atoms with van der Waals surface area (Å²) in [4.78, 5) is 14.3. The first-order valence-electron chi connectivity index (χ1n) is 6.88.